The van der Waals surface area contributed by atoms with Gasteiger partial charge >= 0.3 is 0 Å². The fourth-order valence-corrected chi connectivity index (χ4v) is 3.63. The van der Waals surface area contributed by atoms with Gasteiger partial charge in [0.1, 0.15) is 5.82 Å². The smallest absolute Gasteiger partial charge is 0.158 e. The number of ketones is 1. The molecule has 1 aromatic carbocycles. The minimum absolute atomic E-state index is 0.0149. The molecule has 0 bridgehead atoms. The fourth-order valence-electron chi connectivity index (χ4n) is 2.66. The Balaban J connectivity index is 1.84. The van der Waals surface area contributed by atoms with Crippen LogP contribution in [0.2, 0.25) is 0 Å². The molecule has 3 rings (SSSR count). The lowest BCUT2D eigenvalue weighted by Gasteiger charge is -2.21. The number of hydrogen-bond donors (Lipinski definition) is 1. The number of fused-ring (bicyclic) bond motifs is 1. The first-order chi connectivity index (χ1) is 9.79. The number of carbonyl (C=O) groups is 1. The number of benzene rings is 1. The van der Waals surface area contributed by atoms with Crippen LogP contribution in [0.4, 0.5) is 0 Å². The Hall–Kier alpha value is -1.33. The molecule has 1 fully saturated rings. The van der Waals surface area contributed by atoms with Gasteiger partial charge in [0.2, 0.25) is 0 Å². The summed E-state index contributed by atoms with van der Waals surface area (Å²) >= 11 is 1.85. The fraction of sp³-hybridized carbons (Fsp3) is 0.467. The van der Waals surface area contributed by atoms with E-state index >= 15 is 0 Å². The predicted molar refractivity (Wildman–Crippen MR) is 83.2 cm³/mol. The molecule has 1 N–H and O–H groups in total. The Kier molecular flexibility index (Phi) is 4.08. The average molecular weight is 289 g/mol. The second kappa shape index (κ2) is 5.97. The molecule has 1 atom stereocenters. The van der Waals surface area contributed by atoms with Gasteiger partial charge in [-0.15, -0.1) is 0 Å². The van der Waals surface area contributed by atoms with E-state index < -0.39 is 0 Å². The lowest BCUT2D eigenvalue weighted by atomic mass is 10.1. The number of imidazole rings is 1. The highest BCUT2D eigenvalue weighted by atomic mass is 32.2. The van der Waals surface area contributed by atoms with Gasteiger partial charge in [-0.1, -0.05) is 12.1 Å². The molecule has 0 aliphatic carbocycles. The van der Waals surface area contributed by atoms with E-state index in [9.17, 15) is 4.79 Å². The number of thioether (sulfide) groups is 1. The Morgan fingerprint density at radius 3 is 3.10 bits per heavy atom. The van der Waals surface area contributed by atoms with Gasteiger partial charge in [0.25, 0.3) is 0 Å². The molecule has 0 radical (unpaired) electrons. The molecule has 0 amide bonds. The van der Waals surface area contributed by atoms with Gasteiger partial charge in [-0.05, 0) is 19.1 Å². The third-order valence-corrected chi connectivity index (χ3v) is 4.75. The molecule has 20 heavy (non-hydrogen) atoms. The van der Waals surface area contributed by atoms with Crippen LogP contribution >= 0.6 is 11.8 Å². The third kappa shape index (κ3) is 2.60. The zero-order valence-corrected chi connectivity index (χ0v) is 12.4. The summed E-state index contributed by atoms with van der Waals surface area (Å²) < 4.78 is 2.14. The second-order valence-electron chi connectivity index (χ2n) is 4.99. The lowest BCUT2D eigenvalue weighted by Crippen LogP contribution is -2.44. The predicted octanol–water partition coefficient (Wildman–Crippen LogP) is 1.87. The Morgan fingerprint density at radius 2 is 2.35 bits per heavy atom. The van der Waals surface area contributed by atoms with Crippen molar-refractivity contribution in [3.63, 3.8) is 0 Å². The van der Waals surface area contributed by atoms with Crippen LogP contribution in [0.15, 0.2) is 24.3 Å². The summed E-state index contributed by atoms with van der Waals surface area (Å²) in [4.78, 5) is 17.0. The molecule has 1 aliphatic rings. The van der Waals surface area contributed by atoms with Crippen molar-refractivity contribution < 1.29 is 4.79 Å². The van der Waals surface area contributed by atoms with Crippen molar-refractivity contribution in [1.29, 1.82) is 0 Å². The largest absolute Gasteiger partial charge is 0.328 e. The molecular formula is C15H19N3OS. The van der Waals surface area contributed by atoms with Crippen LogP contribution in [0.25, 0.3) is 11.0 Å². The molecular weight excluding hydrogens is 270 g/mol. The minimum atomic E-state index is -0.0149. The Labute approximate surface area is 123 Å². The maximum atomic E-state index is 12.4. The first kappa shape index (κ1) is 13.6. The van der Waals surface area contributed by atoms with Gasteiger partial charge in [0.05, 0.1) is 23.5 Å². The first-order valence-electron chi connectivity index (χ1n) is 7.07. The number of Topliss-reactive ketones (excluding diaryl/α,β-unsaturated/α-hetero) is 1. The van der Waals surface area contributed by atoms with E-state index in [1.54, 1.807) is 0 Å². The third-order valence-electron chi connectivity index (χ3n) is 3.69. The second-order valence-corrected chi connectivity index (χ2v) is 6.14. The molecule has 2 aromatic rings. The quantitative estimate of drug-likeness (QED) is 0.933. The topological polar surface area (TPSA) is 46.9 Å². The maximum absolute atomic E-state index is 12.4. The zero-order chi connectivity index (χ0) is 13.9. The maximum Gasteiger partial charge on any atom is 0.158 e. The van der Waals surface area contributed by atoms with E-state index in [-0.39, 0.29) is 11.8 Å². The Bertz CT molecular complexity index is 617. The molecule has 4 nitrogen and oxygen atoms in total. The van der Waals surface area contributed by atoms with Crippen molar-refractivity contribution in [1.82, 2.24) is 14.9 Å². The van der Waals surface area contributed by atoms with Gasteiger partial charge < -0.3 is 9.88 Å². The molecule has 1 aliphatic heterocycles. The number of carbonyl (C=O) groups excluding carboxylic acids is 1. The summed E-state index contributed by atoms with van der Waals surface area (Å²) in [6.07, 6.45) is 0.417. The monoisotopic (exact) mass is 289 g/mol. The summed E-state index contributed by atoms with van der Waals surface area (Å²) in [5.41, 5.74) is 2.09. The van der Waals surface area contributed by atoms with Gasteiger partial charge in [-0.3, -0.25) is 4.79 Å². The normalized spacial score (nSPS) is 19.4. The molecule has 1 unspecified atom stereocenters. The summed E-state index contributed by atoms with van der Waals surface area (Å²) in [6.45, 7) is 3.86. The van der Waals surface area contributed by atoms with Crippen molar-refractivity contribution in [3.05, 3.63) is 30.1 Å². The van der Waals surface area contributed by atoms with Crippen LogP contribution in [-0.4, -0.2) is 39.4 Å². The standard InChI is InChI=1S/C15H19N3OS/c1-2-18-13-6-4-3-5-11(13)17-15(18)9-14(19)12-10-20-8-7-16-12/h3-6,12,16H,2,7-10H2,1H3. The van der Waals surface area contributed by atoms with E-state index in [2.05, 4.69) is 27.9 Å². The van der Waals surface area contributed by atoms with E-state index in [1.807, 2.05) is 30.0 Å². The van der Waals surface area contributed by atoms with E-state index in [1.165, 1.54) is 0 Å². The van der Waals surface area contributed by atoms with E-state index in [0.717, 1.165) is 41.5 Å². The highest BCUT2D eigenvalue weighted by molar-refractivity contribution is 7.99. The van der Waals surface area contributed by atoms with Crippen molar-refractivity contribution in [2.75, 3.05) is 18.1 Å². The molecule has 1 aromatic heterocycles. The average Bonchev–Trinajstić information content (AvgIpc) is 2.85. The number of aromatic nitrogens is 2. The van der Waals surface area contributed by atoms with Crippen LogP contribution in [-0.2, 0) is 17.8 Å². The SMILES string of the molecule is CCn1c(CC(=O)C2CSCCN2)nc2ccccc21. The van der Waals surface area contributed by atoms with Gasteiger partial charge in [-0.25, -0.2) is 4.98 Å². The van der Waals surface area contributed by atoms with Crippen LogP contribution < -0.4 is 5.32 Å². The first-order valence-corrected chi connectivity index (χ1v) is 8.23. The molecule has 2 heterocycles. The van der Waals surface area contributed by atoms with Gasteiger partial charge in [0, 0.05) is 24.6 Å². The zero-order valence-electron chi connectivity index (χ0n) is 11.6. The van der Waals surface area contributed by atoms with Crippen molar-refractivity contribution in [2.45, 2.75) is 25.9 Å². The van der Waals surface area contributed by atoms with Crippen LogP contribution in [0, 0.1) is 0 Å². The van der Waals surface area contributed by atoms with Crippen molar-refractivity contribution in [3.8, 4) is 0 Å². The highest BCUT2D eigenvalue weighted by Crippen LogP contribution is 2.17. The molecule has 1 saturated heterocycles. The van der Waals surface area contributed by atoms with Gasteiger partial charge in [-0.2, -0.15) is 11.8 Å². The van der Waals surface area contributed by atoms with Crippen molar-refractivity contribution >= 4 is 28.6 Å². The van der Waals surface area contributed by atoms with Crippen molar-refractivity contribution in [2.24, 2.45) is 0 Å². The number of nitrogens with one attached hydrogen (secondary N) is 1. The van der Waals surface area contributed by atoms with E-state index in [4.69, 9.17) is 0 Å². The Morgan fingerprint density at radius 1 is 1.50 bits per heavy atom. The van der Waals surface area contributed by atoms with Gasteiger partial charge in [0.15, 0.2) is 5.78 Å². The number of rotatable bonds is 4. The van der Waals surface area contributed by atoms with Crippen LogP contribution in [0.5, 0.6) is 0 Å². The summed E-state index contributed by atoms with van der Waals surface area (Å²) in [5.74, 6) is 3.11. The van der Waals surface area contributed by atoms with E-state index in [0.29, 0.717) is 6.42 Å². The molecule has 5 heteroatoms. The summed E-state index contributed by atoms with van der Waals surface area (Å²) in [6, 6.07) is 8.05. The number of para-hydroxylation sites is 2. The molecule has 0 spiro atoms. The summed E-state index contributed by atoms with van der Waals surface area (Å²) in [7, 11) is 0. The molecule has 106 valence electrons. The minimum Gasteiger partial charge on any atom is -0.328 e. The lowest BCUT2D eigenvalue weighted by molar-refractivity contribution is -0.120. The number of nitrogens with zero attached hydrogens (tertiary/aromatic N) is 2. The molecule has 0 saturated carbocycles. The van der Waals surface area contributed by atoms with Crippen LogP contribution in [0.1, 0.15) is 12.7 Å². The highest BCUT2D eigenvalue weighted by Gasteiger charge is 2.23. The number of aryl methyl sites for hydroxylation is 1. The summed E-state index contributed by atoms with van der Waals surface area (Å²) in [5, 5.41) is 3.30. The van der Waals surface area contributed by atoms with Crippen LogP contribution in [0.3, 0.4) is 0 Å². The number of hydrogen-bond acceptors (Lipinski definition) is 4.